The van der Waals surface area contributed by atoms with Gasteiger partial charge in [-0.2, -0.15) is 10.2 Å². The van der Waals surface area contributed by atoms with Gasteiger partial charge in [-0.05, 0) is 6.92 Å². The predicted octanol–water partition coefficient (Wildman–Crippen LogP) is 2.56. The van der Waals surface area contributed by atoms with Crippen molar-refractivity contribution < 1.29 is 0 Å². The minimum absolute atomic E-state index is 0.0598. The van der Waals surface area contributed by atoms with Gasteiger partial charge in [0.05, 0.1) is 5.69 Å². The number of benzene rings is 1. The molecule has 1 aromatic heterocycles. The molecule has 17 heavy (non-hydrogen) atoms. The molecule has 0 atom stereocenters. The molecule has 0 unspecified atom stereocenters. The fourth-order valence-corrected chi connectivity index (χ4v) is 1.69. The smallest absolute Gasteiger partial charge is 0.222 e. The number of hydrogen-bond donors (Lipinski definition) is 1. The molecule has 0 spiro atoms. The first-order valence-corrected chi connectivity index (χ1v) is 5.30. The number of rotatable bonds is 1. The van der Waals surface area contributed by atoms with E-state index in [2.05, 4.69) is 9.97 Å². The van der Waals surface area contributed by atoms with E-state index < -0.39 is 0 Å². The van der Waals surface area contributed by atoms with Gasteiger partial charge in [0.15, 0.2) is 5.15 Å². The standard InChI is InChI=1S/C12H9ClN4/c1-7-2-4-8(5-3-7)10-9(6-14)11(13)17-12(15)16-10/h2-5H,1H3,(H2,15,16,17). The third-order valence-electron chi connectivity index (χ3n) is 2.32. The van der Waals surface area contributed by atoms with Crippen molar-refractivity contribution in [2.45, 2.75) is 6.92 Å². The lowest BCUT2D eigenvalue weighted by Crippen LogP contribution is -2.00. The summed E-state index contributed by atoms with van der Waals surface area (Å²) in [5.41, 5.74) is 8.16. The Balaban J connectivity index is 2.66. The minimum atomic E-state index is 0.0598. The minimum Gasteiger partial charge on any atom is -0.368 e. The molecule has 84 valence electrons. The number of anilines is 1. The molecule has 0 aliphatic rings. The van der Waals surface area contributed by atoms with Crippen LogP contribution in [0.2, 0.25) is 5.15 Å². The molecular weight excluding hydrogens is 236 g/mol. The van der Waals surface area contributed by atoms with Crippen LogP contribution in [0.3, 0.4) is 0 Å². The number of nitrogens with two attached hydrogens (primary N) is 1. The number of aromatic nitrogens is 2. The summed E-state index contributed by atoms with van der Waals surface area (Å²) in [6.45, 7) is 1.98. The Kier molecular flexibility index (Phi) is 2.94. The van der Waals surface area contributed by atoms with E-state index in [9.17, 15) is 0 Å². The van der Waals surface area contributed by atoms with Gasteiger partial charge in [0.2, 0.25) is 5.95 Å². The first kappa shape index (κ1) is 11.4. The highest BCUT2D eigenvalue weighted by Crippen LogP contribution is 2.26. The Hall–Kier alpha value is -2.12. The van der Waals surface area contributed by atoms with Crippen LogP contribution in [-0.2, 0) is 0 Å². The maximum absolute atomic E-state index is 9.05. The van der Waals surface area contributed by atoms with Crippen molar-refractivity contribution in [1.29, 1.82) is 5.26 Å². The highest BCUT2D eigenvalue weighted by Gasteiger charge is 2.13. The van der Waals surface area contributed by atoms with Gasteiger partial charge in [0.25, 0.3) is 0 Å². The van der Waals surface area contributed by atoms with Crippen molar-refractivity contribution >= 4 is 17.5 Å². The highest BCUT2D eigenvalue weighted by molar-refractivity contribution is 6.31. The van der Waals surface area contributed by atoms with Gasteiger partial charge in [-0.1, -0.05) is 41.4 Å². The number of halogens is 1. The molecule has 0 fully saturated rings. The molecule has 1 aromatic carbocycles. The van der Waals surface area contributed by atoms with Gasteiger partial charge in [0.1, 0.15) is 11.6 Å². The zero-order valence-electron chi connectivity index (χ0n) is 9.11. The first-order valence-electron chi connectivity index (χ1n) is 4.92. The van der Waals surface area contributed by atoms with Crippen molar-refractivity contribution in [3.63, 3.8) is 0 Å². The lowest BCUT2D eigenvalue weighted by atomic mass is 10.1. The van der Waals surface area contributed by atoms with E-state index in [-0.39, 0.29) is 16.7 Å². The summed E-state index contributed by atoms with van der Waals surface area (Å²) in [6.07, 6.45) is 0. The summed E-state index contributed by atoms with van der Waals surface area (Å²) in [6, 6.07) is 9.60. The number of aryl methyl sites for hydroxylation is 1. The van der Waals surface area contributed by atoms with Crippen LogP contribution in [0.5, 0.6) is 0 Å². The van der Waals surface area contributed by atoms with Crippen molar-refractivity contribution in [2.24, 2.45) is 0 Å². The molecule has 0 amide bonds. The van der Waals surface area contributed by atoms with Crippen molar-refractivity contribution in [3.8, 4) is 17.3 Å². The fourth-order valence-electron chi connectivity index (χ4n) is 1.47. The number of nitrogen functional groups attached to an aromatic ring is 1. The average molecular weight is 245 g/mol. The molecule has 4 nitrogen and oxygen atoms in total. The molecule has 0 radical (unpaired) electrons. The van der Waals surface area contributed by atoms with Gasteiger partial charge >= 0.3 is 0 Å². The number of nitrogens with zero attached hydrogens (tertiary/aromatic N) is 3. The summed E-state index contributed by atoms with van der Waals surface area (Å²) in [5.74, 6) is 0.0598. The van der Waals surface area contributed by atoms with Gasteiger partial charge < -0.3 is 5.73 Å². The molecule has 2 aromatic rings. The second-order valence-electron chi connectivity index (χ2n) is 3.57. The van der Waals surface area contributed by atoms with E-state index in [0.29, 0.717) is 5.69 Å². The van der Waals surface area contributed by atoms with E-state index >= 15 is 0 Å². The van der Waals surface area contributed by atoms with Crippen LogP contribution in [0.15, 0.2) is 24.3 Å². The molecule has 0 saturated heterocycles. The quantitative estimate of drug-likeness (QED) is 0.783. The van der Waals surface area contributed by atoms with E-state index in [0.717, 1.165) is 11.1 Å². The monoisotopic (exact) mass is 244 g/mol. The zero-order valence-corrected chi connectivity index (χ0v) is 9.86. The summed E-state index contributed by atoms with van der Waals surface area (Å²) in [5, 5.41) is 9.13. The van der Waals surface area contributed by atoms with Gasteiger partial charge in [0, 0.05) is 5.56 Å². The predicted molar refractivity (Wildman–Crippen MR) is 66.3 cm³/mol. The van der Waals surface area contributed by atoms with E-state index in [4.69, 9.17) is 22.6 Å². The van der Waals surface area contributed by atoms with Crippen LogP contribution >= 0.6 is 11.6 Å². The Bertz CT molecular complexity index is 599. The SMILES string of the molecule is Cc1ccc(-c2nc(N)nc(Cl)c2C#N)cc1. The van der Waals surface area contributed by atoms with Crippen LogP contribution in [0.1, 0.15) is 11.1 Å². The zero-order chi connectivity index (χ0) is 12.4. The third-order valence-corrected chi connectivity index (χ3v) is 2.59. The summed E-state index contributed by atoms with van der Waals surface area (Å²) in [7, 11) is 0. The van der Waals surface area contributed by atoms with Crippen LogP contribution in [-0.4, -0.2) is 9.97 Å². The molecule has 1 heterocycles. The second-order valence-corrected chi connectivity index (χ2v) is 3.93. The highest BCUT2D eigenvalue weighted by atomic mass is 35.5. The molecule has 2 rings (SSSR count). The maximum atomic E-state index is 9.05. The van der Waals surface area contributed by atoms with Gasteiger partial charge in [-0.15, -0.1) is 0 Å². The fraction of sp³-hybridized carbons (Fsp3) is 0.0833. The van der Waals surface area contributed by atoms with Crippen LogP contribution < -0.4 is 5.73 Å². The van der Waals surface area contributed by atoms with Gasteiger partial charge in [-0.3, -0.25) is 0 Å². The Labute approximate surface area is 104 Å². The molecule has 0 saturated carbocycles. The van der Waals surface area contributed by atoms with Crippen LogP contribution in [0, 0.1) is 18.3 Å². The topological polar surface area (TPSA) is 75.6 Å². The van der Waals surface area contributed by atoms with Gasteiger partial charge in [-0.25, -0.2) is 4.98 Å². The second kappa shape index (κ2) is 4.40. The third kappa shape index (κ3) is 2.19. The molecule has 0 aliphatic heterocycles. The van der Waals surface area contributed by atoms with E-state index in [1.54, 1.807) is 0 Å². The Morgan fingerprint density at radius 3 is 2.47 bits per heavy atom. The Morgan fingerprint density at radius 2 is 1.88 bits per heavy atom. The summed E-state index contributed by atoms with van der Waals surface area (Å²) >= 11 is 5.86. The van der Waals surface area contributed by atoms with Crippen molar-refractivity contribution in [3.05, 3.63) is 40.5 Å². The summed E-state index contributed by atoms with van der Waals surface area (Å²) < 4.78 is 0. The average Bonchev–Trinajstić information content (AvgIpc) is 2.29. The Morgan fingerprint density at radius 1 is 1.24 bits per heavy atom. The molecule has 5 heteroatoms. The number of hydrogen-bond acceptors (Lipinski definition) is 4. The van der Waals surface area contributed by atoms with Crippen molar-refractivity contribution in [1.82, 2.24) is 9.97 Å². The van der Waals surface area contributed by atoms with Crippen molar-refractivity contribution in [2.75, 3.05) is 5.73 Å². The lowest BCUT2D eigenvalue weighted by Gasteiger charge is -2.05. The molecule has 0 aliphatic carbocycles. The van der Waals surface area contributed by atoms with E-state index in [1.165, 1.54) is 0 Å². The molecular formula is C12H9ClN4. The van der Waals surface area contributed by atoms with E-state index in [1.807, 2.05) is 37.3 Å². The van der Waals surface area contributed by atoms with Crippen LogP contribution in [0.4, 0.5) is 5.95 Å². The van der Waals surface area contributed by atoms with Crippen LogP contribution in [0.25, 0.3) is 11.3 Å². The molecule has 2 N–H and O–H groups in total. The summed E-state index contributed by atoms with van der Waals surface area (Å²) in [4.78, 5) is 7.82. The lowest BCUT2D eigenvalue weighted by molar-refractivity contribution is 1.17. The number of nitriles is 1. The molecule has 0 bridgehead atoms. The largest absolute Gasteiger partial charge is 0.368 e. The first-order chi connectivity index (χ1) is 8.11. The maximum Gasteiger partial charge on any atom is 0.222 e. The normalized spacial score (nSPS) is 9.94.